The van der Waals surface area contributed by atoms with Gasteiger partial charge >= 0.3 is 0 Å². The van der Waals surface area contributed by atoms with Crippen LogP contribution in [0.4, 0.5) is 0 Å². The third-order valence-corrected chi connectivity index (χ3v) is 2.48. The molecule has 1 rings (SSSR count). The van der Waals surface area contributed by atoms with Crippen LogP contribution in [0.25, 0.3) is 0 Å². The van der Waals surface area contributed by atoms with E-state index in [0.29, 0.717) is 11.5 Å². The normalized spacial score (nSPS) is 12.5. The largest absolute Gasteiger partial charge is 0.454 e. The second-order valence-corrected chi connectivity index (χ2v) is 4.07. The molecule has 0 aliphatic rings. The number of hydrogen-bond acceptors (Lipinski definition) is 3. The maximum atomic E-state index is 11.9. The van der Waals surface area contributed by atoms with Crippen molar-refractivity contribution in [2.45, 2.75) is 32.7 Å². The number of carbonyl (C=O) groups is 1. The molecule has 1 atom stereocenters. The molecule has 4 nitrogen and oxygen atoms in total. The Morgan fingerprint density at radius 2 is 2.25 bits per heavy atom. The summed E-state index contributed by atoms with van der Waals surface area (Å²) in [5.41, 5.74) is 5.66. The highest BCUT2D eigenvalue weighted by molar-refractivity contribution is 5.91. The first-order valence-electron chi connectivity index (χ1n) is 5.67. The molecule has 0 spiro atoms. The lowest BCUT2D eigenvalue weighted by Gasteiger charge is -2.14. The van der Waals surface area contributed by atoms with E-state index in [1.807, 2.05) is 6.92 Å². The fraction of sp³-hybridized carbons (Fsp3) is 0.583. The third-order valence-electron chi connectivity index (χ3n) is 2.48. The van der Waals surface area contributed by atoms with Crippen LogP contribution >= 0.6 is 0 Å². The van der Waals surface area contributed by atoms with Crippen molar-refractivity contribution in [1.29, 1.82) is 0 Å². The first-order chi connectivity index (χ1) is 7.56. The lowest BCUT2D eigenvalue weighted by Crippen LogP contribution is -2.27. The van der Waals surface area contributed by atoms with Gasteiger partial charge in [-0.3, -0.25) is 4.79 Å². The standard InChI is InChI=1S/C12H20N2O2/c1-4-5-8-14(3)12(15)11-7-6-10(16-11)9(2)13/h6-7,9H,4-5,8,13H2,1-3H3. The number of unbranched alkanes of at least 4 members (excludes halogenated alkanes) is 1. The molecule has 90 valence electrons. The highest BCUT2D eigenvalue weighted by Gasteiger charge is 2.16. The van der Waals surface area contributed by atoms with Crippen molar-refractivity contribution in [3.63, 3.8) is 0 Å². The Morgan fingerprint density at radius 3 is 2.75 bits per heavy atom. The van der Waals surface area contributed by atoms with Crippen LogP contribution in [-0.4, -0.2) is 24.4 Å². The van der Waals surface area contributed by atoms with Crippen LogP contribution in [0.3, 0.4) is 0 Å². The lowest BCUT2D eigenvalue weighted by atomic mass is 10.3. The molecular formula is C12H20N2O2. The van der Waals surface area contributed by atoms with Crippen molar-refractivity contribution >= 4 is 5.91 Å². The topological polar surface area (TPSA) is 59.5 Å². The van der Waals surface area contributed by atoms with Gasteiger partial charge in [0.05, 0.1) is 6.04 Å². The van der Waals surface area contributed by atoms with Crippen molar-refractivity contribution in [2.24, 2.45) is 5.73 Å². The monoisotopic (exact) mass is 224 g/mol. The predicted molar refractivity (Wildman–Crippen MR) is 63.2 cm³/mol. The Hall–Kier alpha value is -1.29. The van der Waals surface area contributed by atoms with E-state index in [1.54, 1.807) is 24.1 Å². The third kappa shape index (κ3) is 3.10. The summed E-state index contributed by atoms with van der Waals surface area (Å²) < 4.78 is 5.39. The molecule has 0 aliphatic heterocycles. The minimum atomic E-state index is -0.178. The molecule has 1 amide bonds. The molecule has 4 heteroatoms. The summed E-state index contributed by atoms with van der Waals surface area (Å²) in [6, 6.07) is 3.26. The van der Waals surface area contributed by atoms with Crippen LogP contribution in [0.5, 0.6) is 0 Å². The van der Waals surface area contributed by atoms with E-state index >= 15 is 0 Å². The molecule has 0 saturated heterocycles. The Bertz CT molecular complexity index is 345. The van der Waals surface area contributed by atoms with Gasteiger partial charge in [-0.15, -0.1) is 0 Å². The molecule has 1 aromatic heterocycles. The number of furan rings is 1. The maximum absolute atomic E-state index is 11.9. The fourth-order valence-corrected chi connectivity index (χ4v) is 1.40. The first-order valence-corrected chi connectivity index (χ1v) is 5.67. The SMILES string of the molecule is CCCCN(C)C(=O)c1ccc(C(C)N)o1. The van der Waals surface area contributed by atoms with Crippen LogP contribution in [0.1, 0.15) is 49.0 Å². The number of amides is 1. The summed E-state index contributed by atoms with van der Waals surface area (Å²) >= 11 is 0. The molecule has 0 aliphatic carbocycles. The Morgan fingerprint density at radius 1 is 1.56 bits per heavy atom. The van der Waals surface area contributed by atoms with Crippen LogP contribution in [0.2, 0.25) is 0 Å². The zero-order chi connectivity index (χ0) is 12.1. The number of nitrogens with zero attached hydrogens (tertiary/aromatic N) is 1. The second kappa shape index (κ2) is 5.70. The van der Waals surface area contributed by atoms with Crippen molar-refractivity contribution in [2.75, 3.05) is 13.6 Å². The summed E-state index contributed by atoms with van der Waals surface area (Å²) in [7, 11) is 1.78. The van der Waals surface area contributed by atoms with Crippen LogP contribution < -0.4 is 5.73 Å². The van der Waals surface area contributed by atoms with E-state index in [9.17, 15) is 4.79 Å². The Kier molecular flexibility index (Phi) is 4.55. The highest BCUT2D eigenvalue weighted by Crippen LogP contribution is 2.15. The minimum absolute atomic E-state index is 0.0830. The average Bonchev–Trinajstić information content (AvgIpc) is 2.74. The molecule has 2 N–H and O–H groups in total. The van der Waals surface area contributed by atoms with Crippen molar-refractivity contribution in [3.05, 3.63) is 23.7 Å². The van der Waals surface area contributed by atoms with Gasteiger partial charge in [-0.1, -0.05) is 13.3 Å². The van der Waals surface area contributed by atoms with Gasteiger partial charge in [0.2, 0.25) is 0 Å². The molecule has 0 aromatic carbocycles. The predicted octanol–water partition coefficient (Wildman–Crippen LogP) is 2.17. The average molecular weight is 224 g/mol. The zero-order valence-electron chi connectivity index (χ0n) is 10.2. The van der Waals surface area contributed by atoms with Crippen molar-refractivity contribution < 1.29 is 9.21 Å². The van der Waals surface area contributed by atoms with E-state index in [0.717, 1.165) is 19.4 Å². The molecule has 1 aromatic rings. The van der Waals surface area contributed by atoms with E-state index < -0.39 is 0 Å². The zero-order valence-corrected chi connectivity index (χ0v) is 10.2. The minimum Gasteiger partial charge on any atom is -0.454 e. The van der Waals surface area contributed by atoms with Gasteiger partial charge in [0.25, 0.3) is 5.91 Å². The van der Waals surface area contributed by atoms with Crippen LogP contribution in [-0.2, 0) is 0 Å². The molecule has 0 fully saturated rings. The molecule has 0 bridgehead atoms. The number of nitrogens with two attached hydrogens (primary N) is 1. The van der Waals surface area contributed by atoms with Crippen LogP contribution in [0, 0.1) is 0 Å². The van der Waals surface area contributed by atoms with E-state index in [4.69, 9.17) is 10.2 Å². The fourth-order valence-electron chi connectivity index (χ4n) is 1.40. The van der Waals surface area contributed by atoms with E-state index in [2.05, 4.69) is 6.92 Å². The Labute approximate surface area is 96.4 Å². The van der Waals surface area contributed by atoms with E-state index in [-0.39, 0.29) is 11.9 Å². The lowest BCUT2D eigenvalue weighted by molar-refractivity contribution is 0.0759. The van der Waals surface area contributed by atoms with Gasteiger partial charge in [-0.05, 0) is 25.5 Å². The first kappa shape index (κ1) is 12.8. The highest BCUT2D eigenvalue weighted by atomic mass is 16.4. The van der Waals surface area contributed by atoms with Gasteiger partial charge in [-0.25, -0.2) is 0 Å². The molecule has 0 saturated carbocycles. The van der Waals surface area contributed by atoms with Gasteiger partial charge < -0.3 is 15.1 Å². The van der Waals surface area contributed by atoms with Gasteiger partial charge in [0, 0.05) is 13.6 Å². The smallest absolute Gasteiger partial charge is 0.289 e. The number of carbonyl (C=O) groups excluding carboxylic acids is 1. The van der Waals surface area contributed by atoms with Crippen molar-refractivity contribution in [1.82, 2.24) is 4.90 Å². The second-order valence-electron chi connectivity index (χ2n) is 4.07. The van der Waals surface area contributed by atoms with Gasteiger partial charge in [-0.2, -0.15) is 0 Å². The van der Waals surface area contributed by atoms with Gasteiger partial charge in [0.15, 0.2) is 5.76 Å². The summed E-state index contributed by atoms with van der Waals surface area (Å²) in [6.45, 7) is 4.68. The summed E-state index contributed by atoms with van der Waals surface area (Å²) in [4.78, 5) is 13.6. The summed E-state index contributed by atoms with van der Waals surface area (Å²) in [5, 5.41) is 0. The summed E-state index contributed by atoms with van der Waals surface area (Å²) in [6.07, 6.45) is 2.07. The number of hydrogen-bond donors (Lipinski definition) is 1. The number of rotatable bonds is 5. The Balaban J connectivity index is 2.65. The van der Waals surface area contributed by atoms with E-state index in [1.165, 1.54) is 0 Å². The molecule has 1 unspecified atom stereocenters. The maximum Gasteiger partial charge on any atom is 0.289 e. The quantitative estimate of drug-likeness (QED) is 0.833. The molecular weight excluding hydrogens is 204 g/mol. The van der Waals surface area contributed by atoms with Gasteiger partial charge in [0.1, 0.15) is 5.76 Å². The molecule has 0 radical (unpaired) electrons. The molecule has 1 heterocycles. The van der Waals surface area contributed by atoms with Crippen LogP contribution in [0.15, 0.2) is 16.5 Å². The summed E-state index contributed by atoms with van der Waals surface area (Å²) in [5.74, 6) is 0.929. The van der Waals surface area contributed by atoms with Crippen molar-refractivity contribution in [3.8, 4) is 0 Å². The molecule has 16 heavy (non-hydrogen) atoms.